The summed E-state index contributed by atoms with van der Waals surface area (Å²) in [4.78, 5) is 16.3. The highest BCUT2D eigenvalue weighted by molar-refractivity contribution is 5.74. The minimum Gasteiger partial charge on any atom is -0.481 e. The lowest BCUT2D eigenvalue weighted by Gasteiger charge is -2.20. The molecule has 1 aliphatic rings. The van der Waals surface area contributed by atoms with Gasteiger partial charge in [0.15, 0.2) is 0 Å². The first kappa shape index (κ1) is 16.3. The molecule has 8 heteroatoms. The predicted octanol–water partition coefficient (Wildman–Crippen LogP) is 1.15. The normalized spacial score (nSPS) is 19.9. The summed E-state index contributed by atoms with van der Waals surface area (Å²) in [6.45, 7) is 1.03. The number of carbonyl (C=O) groups excluding carboxylic acids is 1. The van der Waals surface area contributed by atoms with Crippen molar-refractivity contribution in [3.8, 4) is 5.88 Å². The number of urea groups is 1. The zero-order valence-electron chi connectivity index (χ0n) is 13.7. The summed E-state index contributed by atoms with van der Waals surface area (Å²) in [6.07, 6.45) is 5.87. The number of rotatable bonds is 5. The van der Waals surface area contributed by atoms with Crippen LogP contribution in [0.15, 0.2) is 30.7 Å². The van der Waals surface area contributed by atoms with Crippen LogP contribution in [0.5, 0.6) is 5.88 Å². The van der Waals surface area contributed by atoms with Crippen LogP contribution < -0.4 is 15.4 Å². The van der Waals surface area contributed by atoms with Crippen molar-refractivity contribution in [2.24, 2.45) is 7.05 Å². The van der Waals surface area contributed by atoms with Crippen molar-refractivity contribution < 1.29 is 14.3 Å². The van der Waals surface area contributed by atoms with E-state index in [1.807, 2.05) is 19.3 Å². The molecule has 0 aromatic carbocycles. The van der Waals surface area contributed by atoms with Gasteiger partial charge >= 0.3 is 6.03 Å². The van der Waals surface area contributed by atoms with Crippen LogP contribution in [0.4, 0.5) is 4.79 Å². The molecule has 1 saturated heterocycles. The van der Waals surface area contributed by atoms with Gasteiger partial charge in [0.2, 0.25) is 5.88 Å². The molecule has 3 heterocycles. The number of methoxy groups -OCH3 is 1. The van der Waals surface area contributed by atoms with Gasteiger partial charge in [-0.05, 0) is 12.5 Å². The highest BCUT2D eigenvalue weighted by Crippen LogP contribution is 2.29. The number of amides is 2. The van der Waals surface area contributed by atoms with E-state index in [1.54, 1.807) is 30.3 Å². The molecular weight excluding hydrogens is 310 g/mol. The number of hydrogen-bond donors (Lipinski definition) is 2. The average Bonchev–Trinajstić information content (AvgIpc) is 3.22. The number of ether oxygens (including phenoxy) is 2. The number of carbonyl (C=O) groups is 1. The Hall–Kier alpha value is -2.61. The van der Waals surface area contributed by atoms with Gasteiger partial charge in [-0.1, -0.05) is 0 Å². The maximum Gasteiger partial charge on any atom is 0.315 e. The minimum absolute atomic E-state index is 0.0888. The molecule has 2 amide bonds. The molecule has 0 saturated carbocycles. The van der Waals surface area contributed by atoms with Crippen molar-refractivity contribution in [3.05, 3.63) is 41.9 Å². The molecule has 0 aliphatic carbocycles. The summed E-state index contributed by atoms with van der Waals surface area (Å²) in [6, 6.07) is 3.38. The number of hydrogen-bond acceptors (Lipinski definition) is 5. The summed E-state index contributed by atoms with van der Waals surface area (Å²) in [7, 11) is 3.41. The van der Waals surface area contributed by atoms with Crippen LogP contribution in [-0.2, 0) is 18.3 Å². The zero-order valence-corrected chi connectivity index (χ0v) is 13.7. The standard InChI is InChI=1S/C16H21N5O3/c1-21-10-11(8-19-21)7-18-16(22)20-13-5-6-24-15(13)12-3-4-14(23-2)17-9-12/h3-4,8-10,13,15H,5-7H2,1-2H3,(H2,18,20,22)/t13-,15+/m0/s1. The second-order valence-corrected chi connectivity index (χ2v) is 5.67. The van der Waals surface area contributed by atoms with Crippen LogP contribution in [0, 0.1) is 0 Å². The Labute approximate surface area is 140 Å². The largest absolute Gasteiger partial charge is 0.481 e. The van der Waals surface area contributed by atoms with Crippen molar-refractivity contribution >= 4 is 6.03 Å². The second kappa shape index (κ2) is 7.31. The molecule has 8 nitrogen and oxygen atoms in total. The molecule has 0 spiro atoms. The molecule has 128 valence electrons. The second-order valence-electron chi connectivity index (χ2n) is 5.67. The number of aryl methyl sites for hydroxylation is 1. The third kappa shape index (κ3) is 3.83. The van der Waals surface area contributed by atoms with Crippen molar-refractivity contribution in [1.29, 1.82) is 0 Å². The van der Waals surface area contributed by atoms with Gasteiger partial charge in [-0.25, -0.2) is 9.78 Å². The van der Waals surface area contributed by atoms with Crippen molar-refractivity contribution in [1.82, 2.24) is 25.4 Å². The lowest BCUT2D eigenvalue weighted by atomic mass is 10.0. The molecule has 0 unspecified atom stereocenters. The van der Waals surface area contributed by atoms with E-state index in [9.17, 15) is 4.79 Å². The van der Waals surface area contributed by atoms with Crippen LogP contribution in [-0.4, -0.2) is 40.6 Å². The maximum absolute atomic E-state index is 12.1. The number of pyridine rings is 1. The van der Waals surface area contributed by atoms with Gasteiger partial charge in [-0.2, -0.15) is 5.10 Å². The summed E-state index contributed by atoms with van der Waals surface area (Å²) >= 11 is 0. The Morgan fingerprint density at radius 2 is 2.33 bits per heavy atom. The quantitative estimate of drug-likeness (QED) is 0.858. The molecule has 3 rings (SSSR count). The van der Waals surface area contributed by atoms with Gasteiger partial charge in [-0.15, -0.1) is 0 Å². The molecular formula is C16H21N5O3. The van der Waals surface area contributed by atoms with E-state index in [4.69, 9.17) is 9.47 Å². The Morgan fingerprint density at radius 3 is 3.00 bits per heavy atom. The smallest absolute Gasteiger partial charge is 0.315 e. The summed E-state index contributed by atoms with van der Waals surface area (Å²) in [5.74, 6) is 0.551. The molecule has 1 aliphatic heterocycles. The van der Waals surface area contributed by atoms with Crippen LogP contribution in [0.25, 0.3) is 0 Å². The number of nitrogens with zero attached hydrogens (tertiary/aromatic N) is 3. The van der Waals surface area contributed by atoms with Gasteiger partial charge in [0, 0.05) is 49.8 Å². The highest BCUT2D eigenvalue weighted by atomic mass is 16.5. The first-order valence-corrected chi connectivity index (χ1v) is 7.79. The van der Waals surface area contributed by atoms with E-state index >= 15 is 0 Å². The maximum atomic E-state index is 12.1. The molecule has 1 fully saturated rings. The highest BCUT2D eigenvalue weighted by Gasteiger charge is 2.31. The van der Waals surface area contributed by atoms with E-state index in [0.717, 1.165) is 17.5 Å². The van der Waals surface area contributed by atoms with Gasteiger partial charge in [0.05, 0.1) is 19.3 Å². The summed E-state index contributed by atoms with van der Waals surface area (Å²) in [5, 5.41) is 9.88. The Morgan fingerprint density at radius 1 is 1.46 bits per heavy atom. The third-order valence-electron chi connectivity index (χ3n) is 3.92. The number of aromatic nitrogens is 3. The fourth-order valence-corrected chi connectivity index (χ4v) is 2.71. The lowest BCUT2D eigenvalue weighted by molar-refractivity contribution is 0.0995. The minimum atomic E-state index is -0.221. The molecule has 24 heavy (non-hydrogen) atoms. The monoisotopic (exact) mass is 331 g/mol. The molecule has 2 N–H and O–H groups in total. The van der Waals surface area contributed by atoms with Gasteiger partial charge in [0.25, 0.3) is 0 Å². The summed E-state index contributed by atoms with van der Waals surface area (Å²) < 4.78 is 12.5. The first-order chi connectivity index (χ1) is 11.7. The topological polar surface area (TPSA) is 90.3 Å². The fourth-order valence-electron chi connectivity index (χ4n) is 2.71. The molecule has 2 aromatic heterocycles. The van der Waals surface area contributed by atoms with Gasteiger partial charge in [0.1, 0.15) is 6.10 Å². The SMILES string of the molecule is COc1ccc([C@H]2OCC[C@@H]2NC(=O)NCc2cnn(C)c2)cn1. The molecule has 0 radical (unpaired) electrons. The average molecular weight is 331 g/mol. The number of nitrogens with one attached hydrogen (secondary N) is 2. The Bertz CT molecular complexity index is 685. The Kier molecular flexibility index (Phi) is 4.95. The van der Waals surface area contributed by atoms with E-state index in [-0.39, 0.29) is 18.2 Å². The first-order valence-electron chi connectivity index (χ1n) is 7.79. The summed E-state index contributed by atoms with van der Waals surface area (Å²) in [5.41, 5.74) is 1.87. The lowest BCUT2D eigenvalue weighted by Crippen LogP contribution is -2.43. The zero-order chi connectivity index (χ0) is 16.9. The fraction of sp³-hybridized carbons (Fsp3) is 0.438. The Balaban J connectivity index is 1.55. The van der Waals surface area contributed by atoms with Crippen LogP contribution >= 0.6 is 0 Å². The molecule has 0 bridgehead atoms. The van der Waals surface area contributed by atoms with Crippen LogP contribution in [0.1, 0.15) is 23.7 Å². The van der Waals surface area contributed by atoms with Gasteiger partial charge in [-0.3, -0.25) is 4.68 Å². The van der Waals surface area contributed by atoms with Crippen molar-refractivity contribution in [2.45, 2.75) is 25.1 Å². The van der Waals surface area contributed by atoms with E-state index in [2.05, 4.69) is 20.7 Å². The van der Waals surface area contributed by atoms with Gasteiger partial charge < -0.3 is 20.1 Å². The van der Waals surface area contributed by atoms with Crippen LogP contribution in [0.3, 0.4) is 0 Å². The molecule has 2 aromatic rings. The van der Waals surface area contributed by atoms with Crippen molar-refractivity contribution in [2.75, 3.05) is 13.7 Å². The van der Waals surface area contributed by atoms with E-state index in [0.29, 0.717) is 19.0 Å². The predicted molar refractivity (Wildman–Crippen MR) is 86.5 cm³/mol. The van der Waals surface area contributed by atoms with Crippen molar-refractivity contribution in [3.63, 3.8) is 0 Å². The van der Waals surface area contributed by atoms with E-state index < -0.39 is 0 Å². The van der Waals surface area contributed by atoms with E-state index in [1.165, 1.54) is 0 Å². The van der Waals surface area contributed by atoms with Crippen LogP contribution in [0.2, 0.25) is 0 Å². The molecule has 2 atom stereocenters. The third-order valence-corrected chi connectivity index (χ3v) is 3.92.